The zero-order valence-electron chi connectivity index (χ0n) is 9.00. The van der Waals surface area contributed by atoms with E-state index in [1.54, 1.807) is 18.2 Å². The summed E-state index contributed by atoms with van der Waals surface area (Å²) >= 11 is 5.78. The van der Waals surface area contributed by atoms with Gasteiger partial charge in [0.15, 0.2) is 0 Å². The monoisotopic (exact) mass is 245 g/mol. The molecule has 2 atom stereocenters. The smallest absolute Gasteiger partial charge is 0.0618 e. The number of nitrogens with two attached hydrogens (primary N) is 1. The van der Waals surface area contributed by atoms with Gasteiger partial charge in [-0.05, 0) is 24.1 Å². The van der Waals surface area contributed by atoms with E-state index in [1.165, 1.54) is 0 Å². The number of benzene rings is 1. The van der Waals surface area contributed by atoms with Crippen LogP contribution in [0.15, 0.2) is 23.1 Å². The van der Waals surface area contributed by atoms with Crippen molar-refractivity contribution in [3.8, 4) is 0 Å². The summed E-state index contributed by atoms with van der Waals surface area (Å²) in [5.41, 5.74) is 6.28. The molecule has 0 aliphatic rings. The Kier molecular flexibility index (Phi) is 4.61. The third-order valence-electron chi connectivity index (χ3n) is 2.35. The third-order valence-corrected chi connectivity index (χ3v) is 4.32. The molecule has 1 aromatic carbocycles. The fourth-order valence-electron chi connectivity index (χ4n) is 1.19. The molecule has 0 aliphatic carbocycles. The third kappa shape index (κ3) is 3.50. The van der Waals surface area contributed by atoms with Gasteiger partial charge in [0.25, 0.3) is 0 Å². The highest BCUT2D eigenvalue weighted by Crippen LogP contribution is 2.22. The molecule has 0 spiro atoms. The number of anilines is 1. The fourth-order valence-corrected chi connectivity index (χ4v) is 2.85. The molecule has 2 N–H and O–H groups in total. The first kappa shape index (κ1) is 12.5. The van der Waals surface area contributed by atoms with Crippen molar-refractivity contribution >= 4 is 28.1 Å². The molecule has 0 saturated heterocycles. The summed E-state index contributed by atoms with van der Waals surface area (Å²) < 4.78 is 11.9. The zero-order chi connectivity index (χ0) is 11.4. The molecule has 0 fully saturated rings. The molecule has 4 heteroatoms. The summed E-state index contributed by atoms with van der Waals surface area (Å²) in [5.74, 6) is 1.10. The predicted molar refractivity (Wildman–Crippen MR) is 66.6 cm³/mol. The molecule has 0 heterocycles. The molecule has 0 saturated carbocycles. The van der Waals surface area contributed by atoms with Gasteiger partial charge >= 0.3 is 0 Å². The lowest BCUT2D eigenvalue weighted by Gasteiger charge is -2.10. The minimum atomic E-state index is -1.02. The molecule has 1 rings (SSSR count). The lowest BCUT2D eigenvalue weighted by atomic mass is 10.2. The quantitative estimate of drug-likeness (QED) is 0.829. The van der Waals surface area contributed by atoms with Crippen LogP contribution in [0.4, 0.5) is 5.69 Å². The SMILES string of the molecule is CCC(C)CS(=O)c1ccc(Cl)cc1N. The van der Waals surface area contributed by atoms with Gasteiger partial charge in [-0.2, -0.15) is 0 Å². The van der Waals surface area contributed by atoms with Crippen molar-refractivity contribution in [3.05, 3.63) is 23.2 Å². The highest BCUT2D eigenvalue weighted by molar-refractivity contribution is 7.85. The largest absolute Gasteiger partial charge is 0.398 e. The summed E-state index contributed by atoms with van der Waals surface area (Å²) in [4.78, 5) is 0.694. The molecule has 2 unspecified atom stereocenters. The van der Waals surface area contributed by atoms with Gasteiger partial charge in [0, 0.05) is 16.5 Å². The van der Waals surface area contributed by atoms with Crippen molar-refractivity contribution in [1.29, 1.82) is 0 Å². The standard InChI is InChI=1S/C11H16ClNOS/c1-3-8(2)7-15(14)11-5-4-9(12)6-10(11)13/h4-6,8H,3,7,13H2,1-2H3. The summed E-state index contributed by atoms with van der Waals surface area (Å²) in [6.45, 7) is 4.18. The van der Waals surface area contributed by atoms with Crippen molar-refractivity contribution in [2.75, 3.05) is 11.5 Å². The molecule has 0 amide bonds. The van der Waals surface area contributed by atoms with Crippen molar-refractivity contribution < 1.29 is 4.21 Å². The van der Waals surface area contributed by atoms with E-state index in [4.69, 9.17) is 17.3 Å². The first-order chi connectivity index (χ1) is 7.04. The van der Waals surface area contributed by atoms with E-state index in [1.807, 2.05) is 0 Å². The van der Waals surface area contributed by atoms with Crippen molar-refractivity contribution in [2.45, 2.75) is 25.2 Å². The Bertz CT molecular complexity index is 368. The van der Waals surface area contributed by atoms with Crippen LogP contribution in [0.3, 0.4) is 0 Å². The number of hydrogen-bond acceptors (Lipinski definition) is 2. The van der Waals surface area contributed by atoms with Gasteiger partial charge in [0.1, 0.15) is 0 Å². The van der Waals surface area contributed by atoms with E-state index in [0.717, 1.165) is 6.42 Å². The minimum Gasteiger partial charge on any atom is -0.398 e. The van der Waals surface area contributed by atoms with Crippen molar-refractivity contribution in [3.63, 3.8) is 0 Å². The molecule has 0 radical (unpaired) electrons. The highest BCUT2D eigenvalue weighted by atomic mass is 35.5. The molecule has 0 aliphatic heterocycles. The van der Waals surface area contributed by atoms with Crippen LogP contribution in [0.5, 0.6) is 0 Å². The lowest BCUT2D eigenvalue weighted by Crippen LogP contribution is -2.08. The van der Waals surface area contributed by atoms with Crippen molar-refractivity contribution in [1.82, 2.24) is 0 Å². The Balaban J connectivity index is 2.82. The summed E-state index contributed by atoms with van der Waals surface area (Å²) in [5, 5.41) is 0.580. The molecular weight excluding hydrogens is 230 g/mol. The van der Waals surface area contributed by atoms with Crippen LogP contribution in [0, 0.1) is 5.92 Å². The summed E-state index contributed by atoms with van der Waals surface area (Å²) in [6.07, 6.45) is 1.03. The second-order valence-corrected chi connectivity index (χ2v) is 5.61. The fraction of sp³-hybridized carbons (Fsp3) is 0.455. The van der Waals surface area contributed by atoms with E-state index in [-0.39, 0.29) is 0 Å². The molecule has 1 aromatic rings. The van der Waals surface area contributed by atoms with Crippen LogP contribution in [-0.2, 0) is 10.8 Å². The van der Waals surface area contributed by atoms with Gasteiger partial charge in [-0.3, -0.25) is 4.21 Å². The molecule has 15 heavy (non-hydrogen) atoms. The molecule has 0 bridgehead atoms. The topological polar surface area (TPSA) is 43.1 Å². The maximum Gasteiger partial charge on any atom is 0.0618 e. The van der Waals surface area contributed by atoms with E-state index in [9.17, 15) is 4.21 Å². The first-order valence-corrected chi connectivity index (χ1v) is 6.67. The van der Waals surface area contributed by atoms with E-state index >= 15 is 0 Å². The minimum absolute atomic E-state index is 0.445. The lowest BCUT2D eigenvalue weighted by molar-refractivity contribution is 0.616. The number of nitrogen functional groups attached to an aromatic ring is 1. The van der Waals surface area contributed by atoms with Gasteiger partial charge in [-0.15, -0.1) is 0 Å². The maximum atomic E-state index is 11.9. The predicted octanol–water partition coefficient (Wildman–Crippen LogP) is 3.08. The number of rotatable bonds is 4. The van der Waals surface area contributed by atoms with Gasteiger partial charge in [0.05, 0.1) is 15.7 Å². The molecule has 0 aromatic heterocycles. The van der Waals surface area contributed by atoms with Crippen LogP contribution in [0.1, 0.15) is 20.3 Å². The average Bonchev–Trinajstić information content (AvgIpc) is 2.17. The molecule has 2 nitrogen and oxygen atoms in total. The average molecular weight is 246 g/mol. The van der Waals surface area contributed by atoms with E-state index < -0.39 is 10.8 Å². The van der Waals surface area contributed by atoms with E-state index in [2.05, 4.69) is 13.8 Å². The van der Waals surface area contributed by atoms with Gasteiger partial charge in [-0.1, -0.05) is 31.9 Å². The second kappa shape index (κ2) is 5.52. The Labute approximate surface area is 98.3 Å². The van der Waals surface area contributed by atoms with Crippen LogP contribution in [0.25, 0.3) is 0 Å². The van der Waals surface area contributed by atoms with Crippen molar-refractivity contribution in [2.24, 2.45) is 5.92 Å². The first-order valence-electron chi connectivity index (χ1n) is 4.98. The Morgan fingerprint density at radius 2 is 2.20 bits per heavy atom. The van der Waals surface area contributed by atoms with Gasteiger partial charge in [0.2, 0.25) is 0 Å². The van der Waals surface area contributed by atoms with Gasteiger partial charge < -0.3 is 5.73 Å². The van der Waals surface area contributed by atoms with Gasteiger partial charge in [-0.25, -0.2) is 0 Å². The zero-order valence-corrected chi connectivity index (χ0v) is 10.6. The Morgan fingerprint density at radius 3 is 2.73 bits per heavy atom. The maximum absolute atomic E-state index is 11.9. The second-order valence-electron chi connectivity index (χ2n) is 3.71. The Morgan fingerprint density at radius 1 is 1.53 bits per heavy atom. The molecular formula is C11H16ClNOS. The Hall–Kier alpha value is -0.540. The van der Waals surface area contributed by atoms with E-state index in [0.29, 0.717) is 27.3 Å². The van der Waals surface area contributed by atoms with Crippen LogP contribution in [0.2, 0.25) is 5.02 Å². The number of halogens is 1. The van der Waals surface area contributed by atoms with Crippen LogP contribution in [-0.4, -0.2) is 9.96 Å². The normalized spacial score (nSPS) is 14.9. The van der Waals surface area contributed by atoms with Crippen LogP contribution < -0.4 is 5.73 Å². The number of hydrogen-bond donors (Lipinski definition) is 1. The summed E-state index contributed by atoms with van der Waals surface area (Å²) in [6, 6.07) is 5.11. The summed E-state index contributed by atoms with van der Waals surface area (Å²) in [7, 11) is -1.02. The van der Waals surface area contributed by atoms with Crippen LogP contribution >= 0.6 is 11.6 Å². The highest BCUT2D eigenvalue weighted by Gasteiger charge is 2.11. The molecule has 84 valence electrons.